The Morgan fingerprint density at radius 1 is 1.18 bits per heavy atom. The fourth-order valence-corrected chi connectivity index (χ4v) is 2.17. The summed E-state index contributed by atoms with van der Waals surface area (Å²) in [6.07, 6.45) is 2.17. The highest BCUT2D eigenvalue weighted by Crippen LogP contribution is 2.11. The Morgan fingerprint density at radius 2 is 1.94 bits per heavy atom. The van der Waals surface area contributed by atoms with Gasteiger partial charge in [-0.1, -0.05) is 19.1 Å². The van der Waals surface area contributed by atoms with Crippen LogP contribution in [0.15, 0.2) is 41.8 Å². The van der Waals surface area contributed by atoms with E-state index in [9.17, 15) is 0 Å². The van der Waals surface area contributed by atoms with Crippen LogP contribution in [0.5, 0.6) is 0 Å². The Bertz CT molecular complexity index is 523. The van der Waals surface area contributed by atoms with Crippen molar-refractivity contribution in [3.05, 3.63) is 47.5 Å². The van der Waals surface area contributed by atoms with E-state index < -0.39 is 0 Å². The number of hydrogen-bond acceptors (Lipinski definition) is 1. The lowest BCUT2D eigenvalue weighted by Gasteiger charge is -1.99. The molecule has 0 amide bonds. The normalized spacial score (nSPS) is 10.7. The lowest BCUT2D eigenvalue weighted by molar-refractivity contribution is -0.646. The van der Waals surface area contributed by atoms with Gasteiger partial charge in [0.1, 0.15) is 7.05 Å². The molecule has 0 atom stereocenters. The van der Waals surface area contributed by atoms with E-state index in [0.717, 1.165) is 5.75 Å². The topological polar surface area (TPSA) is 3.88 Å². The molecule has 0 N–H and O–H groups in total. The summed E-state index contributed by atoms with van der Waals surface area (Å²) in [5.41, 5.74) is 2.51. The van der Waals surface area contributed by atoms with Crippen LogP contribution >= 0.6 is 11.8 Å². The molecule has 1 nitrogen and oxygen atoms in total. The van der Waals surface area contributed by atoms with E-state index in [1.54, 1.807) is 0 Å². The van der Waals surface area contributed by atoms with Crippen LogP contribution in [-0.4, -0.2) is 5.75 Å². The van der Waals surface area contributed by atoms with Gasteiger partial charge in [-0.3, -0.25) is 0 Å². The molecule has 0 aliphatic heterocycles. The Labute approximate surface area is 124 Å². The summed E-state index contributed by atoms with van der Waals surface area (Å²) < 4.78 is 2.22. The van der Waals surface area contributed by atoms with E-state index in [4.69, 9.17) is 0 Å². The van der Waals surface area contributed by atoms with Crippen molar-refractivity contribution >= 4 is 28.7 Å². The number of halogens is 1. The van der Waals surface area contributed by atoms with E-state index >= 15 is 0 Å². The van der Waals surface area contributed by atoms with E-state index in [1.807, 2.05) is 11.8 Å². The van der Waals surface area contributed by atoms with Crippen molar-refractivity contribution in [2.75, 3.05) is 5.75 Å². The standard InChI is InChI=1S/C14H16NS.HI/c1-3-16-11-10-13-9-8-12-6-4-5-7-14(12)15(13)2;/h4-11H,3H2,1-2H3;1H/q+1;/p-1. The summed E-state index contributed by atoms with van der Waals surface area (Å²) in [5.74, 6) is 1.12. The first-order chi connectivity index (χ1) is 7.83. The van der Waals surface area contributed by atoms with Crippen molar-refractivity contribution in [2.45, 2.75) is 6.92 Å². The molecule has 0 bridgehead atoms. The molecule has 90 valence electrons. The number of fused-ring (bicyclic) bond motifs is 1. The van der Waals surface area contributed by atoms with Crippen molar-refractivity contribution in [1.82, 2.24) is 0 Å². The third kappa shape index (κ3) is 3.45. The summed E-state index contributed by atoms with van der Waals surface area (Å²) in [4.78, 5) is 0. The van der Waals surface area contributed by atoms with Gasteiger partial charge >= 0.3 is 0 Å². The average molecular weight is 357 g/mol. The van der Waals surface area contributed by atoms with Crippen molar-refractivity contribution in [3.8, 4) is 0 Å². The number of para-hydroxylation sites is 1. The summed E-state index contributed by atoms with van der Waals surface area (Å²) in [6, 6.07) is 12.8. The smallest absolute Gasteiger partial charge is 0.212 e. The lowest BCUT2D eigenvalue weighted by atomic mass is 10.2. The second kappa shape index (κ2) is 7.01. The predicted octanol–water partition coefficient (Wildman–Crippen LogP) is 0.392. The Hall–Kier alpha value is -0.550. The van der Waals surface area contributed by atoms with Crippen molar-refractivity contribution in [1.29, 1.82) is 0 Å². The van der Waals surface area contributed by atoms with Gasteiger partial charge in [0.2, 0.25) is 11.2 Å². The van der Waals surface area contributed by atoms with Gasteiger partial charge in [-0.2, -0.15) is 4.57 Å². The van der Waals surface area contributed by atoms with Gasteiger partial charge in [-0.25, -0.2) is 0 Å². The molecule has 1 aromatic carbocycles. The van der Waals surface area contributed by atoms with Gasteiger partial charge < -0.3 is 24.0 Å². The van der Waals surface area contributed by atoms with Gasteiger partial charge in [-0.05, 0) is 23.3 Å². The molecule has 2 rings (SSSR count). The van der Waals surface area contributed by atoms with Crippen molar-refractivity contribution in [2.24, 2.45) is 7.05 Å². The number of aromatic nitrogens is 1. The fraction of sp³-hybridized carbons (Fsp3) is 0.214. The zero-order valence-corrected chi connectivity index (χ0v) is 13.0. The molecule has 0 aliphatic carbocycles. The Kier molecular flexibility index (Phi) is 5.98. The largest absolute Gasteiger partial charge is 1.00 e. The first kappa shape index (κ1) is 14.5. The molecule has 1 heterocycles. The average Bonchev–Trinajstić information content (AvgIpc) is 2.33. The minimum Gasteiger partial charge on any atom is -1.00 e. The minimum atomic E-state index is 0. The van der Waals surface area contributed by atoms with Crippen LogP contribution in [0.2, 0.25) is 0 Å². The summed E-state index contributed by atoms with van der Waals surface area (Å²) in [5, 5.41) is 3.44. The van der Waals surface area contributed by atoms with Gasteiger partial charge in [0.05, 0.1) is 0 Å². The van der Waals surface area contributed by atoms with Crippen LogP contribution < -0.4 is 28.5 Å². The van der Waals surface area contributed by atoms with Gasteiger partial charge in [0, 0.05) is 23.6 Å². The molecule has 2 aromatic rings. The SMILES string of the molecule is CCSC=Cc1ccc2ccccc2[n+]1C.[I-]. The molecule has 0 unspecified atom stereocenters. The third-order valence-electron chi connectivity index (χ3n) is 2.62. The molecular formula is C14H16INS. The molecule has 0 spiro atoms. The maximum Gasteiger partial charge on any atom is 0.212 e. The first-order valence-corrected chi connectivity index (χ1v) is 6.53. The van der Waals surface area contributed by atoms with Crippen LogP contribution in [0.3, 0.4) is 0 Å². The zero-order valence-electron chi connectivity index (χ0n) is 10.1. The number of thioether (sulfide) groups is 1. The van der Waals surface area contributed by atoms with Crippen LogP contribution in [0.4, 0.5) is 0 Å². The van der Waals surface area contributed by atoms with E-state index in [0.29, 0.717) is 0 Å². The zero-order chi connectivity index (χ0) is 11.4. The summed E-state index contributed by atoms with van der Waals surface area (Å²) in [7, 11) is 2.11. The highest BCUT2D eigenvalue weighted by Gasteiger charge is 2.07. The second-order valence-electron chi connectivity index (χ2n) is 3.63. The predicted molar refractivity (Wildman–Crippen MR) is 72.3 cm³/mol. The quantitative estimate of drug-likeness (QED) is 0.568. The summed E-state index contributed by atoms with van der Waals surface area (Å²) >= 11 is 1.82. The highest BCUT2D eigenvalue weighted by atomic mass is 127. The highest BCUT2D eigenvalue weighted by molar-refractivity contribution is 8.02. The molecule has 0 saturated carbocycles. The maximum absolute atomic E-state index is 2.22. The molecule has 3 heteroatoms. The fourth-order valence-electron chi connectivity index (χ4n) is 1.74. The molecule has 0 fully saturated rings. The molecule has 0 radical (unpaired) electrons. The number of nitrogens with zero attached hydrogens (tertiary/aromatic N) is 1. The Morgan fingerprint density at radius 3 is 2.71 bits per heavy atom. The molecule has 17 heavy (non-hydrogen) atoms. The van der Waals surface area contributed by atoms with Crippen LogP contribution in [0.25, 0.3) is 17.0 Å². The van der Waals surface area contributed by atoms with Gasteiger partial charge in [0.15, 0.2) is 0 Å². The van der Waals surface area contributed by atoms with Crippen molar-refractivity contribution < 1.29 is 28.5 Å². The number of aryl methyl sites for hydroxylation is 1. The van der Waals surface area contributed by atoms with Crippen LogP contribution in [0, 0.1) is 0 Å². The van der Waals surface area contributed by atoms with Crippen molar-refractivity contribution in [3.63, 3.8) is 0 Å². The van der Waals surface area contributed by atoms with Gasteiger partial charge in [-0.15, -0.1) is 11.8 Å². The number of hydrogen-bond donors (Lipinski definition) is 0. The number of benzene rings is 1. The third-order valence-corrected chi connectivity index (χ3v) is 3.28. The monoisotopic (exact) mass is 357 g/mol. The van der Waals surface area contributed by atoms with Crippen LogP contribution in [0.1, 0.15) is 12.6 Å². The first-order valence-electron chi connectivity index (χ1n) is 5.49. The molecule has 0 aliphatic rings. The minimum absolute atomic E-state index is 0. The molecular weight excluding hydrogens is 341 g/mol. The maximum atomic E-state index is 2.22. The Balaban J connectivity index is 0.00000144. The van der Waals surface area contributed by atoms with Crippen LogP contribution in [-0.2, 0) is 7.05 Å². The number of pyridine rings is 1. The van der Waals surface area contributed by atoms with E-state index in [2.05, 4.69) is 66.4 Å². The second-order valence-corrected chi connectivity index (χ2v) is 4.82. The molecule has 0 saturated heterocycles. The summed E-state index contributed by atoms with van der Waals surface area (Å²) in [6.45, 7) is 2.16. The lowest BCUT2D eigenvalue weighted by Crippen LogP contribution is -3.00. The van der Waals surface area contributed by atoms with Gasteiger partial charge in [0.25, 0.3) is 0 Å². The number of rotatable bonds is 3. The van der Waals surface area contributed by atoms with E-state index in [-0.39, 0.29) is 24.0 Å². The van der Waals surface area contributed by atoms with E-state index in [1.165, 1.54) is 16.6 Å². The molecule has 1 aromatic heterocycles.